The number of methoxy groups -OCH3 is 1. The van der Waals surface area contributed by atoms with Gasteiger partial charge in [-0.1, -0.05) is 29.8 Å². The van der Waals surface area contributed by atoms with Gasteiger partial charge >= 0.3 is 5.97 Å². The molecule has 1 N–H and O–H groups in total. The van der Waals surface area contributed by atoms with Gasteiger partial charge in [0.1, 0.15) is 5.54 Å². The van der Waals surface area contributed by atoms with Gasteiger partial charge in [0.25, 0.3) is 0 Å². The Hall–Kier alpha value is -2.21. The van der Waals surface area contributed by atoms with Crippen molar-refractivity contribution >= 4 is 17.8 Å². The first kappa shape index (κ1) is 16.6. The third-order valence-corrected chi connectivity index (χ3v) is 5.24. The van der Waals surface area contributed by atoms with Crippen LogP contribution in [-0.4, -0.2) is 41.9 Å². The van der Waals surface area contributed by atoms with E-state index in [2.05, 4.69) is 5.32 Å². The topological polar surface area (TPSA) is 75.7 Å². The number of rotatable bonds is 3. The van der Waals surface area contributed by atoms with E-state index in [0.29, 0.717) is 6.54 Å². The second-order valence-electron chi connectivity index (χ2n) is 6.65. The lowest BCUT2D eigenvalue weighted by Crippen LogP contribution is -2.53. The molecule has 128 valence electrons. The highest BCUT2D eigenvalue weighted by atomic mass is 16.5. The molecule has 6 nitrogen and oxygen atoms in total. The highest BCUT2D eigenvalue weighted by Crippen LogP contribution is 2.48. The minimum Gasteiger partial charge on any atom is -0.468 e. The Bertz CT molecular complexity index is 699. The van der Waals surface area contributed by atoms with Crippen LogP contribution in [0.4, 0.5) is 0 Å². The van der Waals surface area contributed by atoms with Gasteiger partial charge in [0.2, 0.25) is 11.8 Å². The minimum absolute atomic E-state index is 0.224. The summed E-state index contributed by atoms with van der Waals surface area (Å²) in [6.07, 6.45) is 0. The standard InChI is InChI=1S/C18H22N2O4/c1-5-20-15(21)12-13(16(20)22)18(3,17(23)24-4)19-14(12)11-8-6-10(2)7-9-11/h6-9,12-14,19H,5H2,1-4H3/t12-,13+,14-,18-/m1/s1. The molecule has 6 heteroatoms. The maximum Gasteiger partial charge on any atom is 0.326 e. The van der Waals surface area contributed by atoms with Crippen molar-refractivity contribution in [3.8, 4) is 0 Å². The molecule has 2 amide bonds. The van der Waals surface area contributed by atoms with Crippen molar-refractivity contribution in [2.75, 3.05) is 13.7 Å². The molecule has 4 atom stereocenters. The smallest absolute Gasteiger partial charge is 0.326 e. The number of imide groups is 1. The summed E-state index contributed by atoms with van der Waals surface area (Å²) in [7, 11) is 1.29. The number of carbonyl (C=O) groups excluding carboxylic acids is 3. The van der Waals surface area contributed by atoms with Crippen molar-refractivity contribution in [2.24, 2.45) is 11.8 Å². The minimum atomic E-state index is -1.22. The van der Waals surface area contributed by atoms with E-state index in [0.717, 1.165) is 11.1 Å². The van der Waals surface area contributed by atoms with Crippen molar-refractivity contribution in [1.82, 2.24) is 10.2 Å². The lowest BCUT2D eigenvalue weighted by Gasteiger charge is -2.28. The zero-order chi connectivity index (χ0) is 17.6. The molecule has 0 aromatic heterocycles. The highest BCUT2D eigenvalue weighted by Gasteiger charge is 2.66. The number of aryl methyl sites for hydroxylation is 1. The number of ether oxygens (including phenoxy) is 1. The number of amides is 2. The molecule has 2 heterocycles. The van der Waals surface area contributed by atoms with Crippen molar-refractivity contribution in [3.05, 3.63) is 35.4 Å². The van der Waals surface area contributed by atoms with E-state index in [1.807, 2.05) is 31.2 Å². The predicted molar refractivity (Wildman–Crippen MR) is 86.9 cm³/mol. The number of fused-ring (bicyclic) bond motifs is 1. The SMILES string of the molecule is CCN1C(=O)[C@H]2[C@@H](c3ccc(C)cc3)N[C@@](C)(C(=O)OC)[C@@H]2C1=O. The van der Waals surface area contributed by atoms with Crippen LogP contribution in [0.1, 0.15) is 31.0 Å². The quantitative estimate of drug-likeness (QED) is 0.665. The fourth-order valence-corrected chi connectivity index (χ4v) is 3.97. The zero-order valence-corrected chi connectivity index (χ0v) is 14.3. The molecule has 2 saturated heterocycles. The molecule has 0 bridgehead atoms. The van der Waals surface area contributed by atoms with Gasteiger partial charge in [0.15, 0.2) is 0 Å². The Morgan fingerprint density at radius 1 is 1.25 bits per heavy atom. The second kappa shape index (κ2) is 5.70. The first-order valence-corrected chi connectivity index (χ1v) is 8.13. The summed E-state index contributed by atoms with van der Waals surface area (Å²) in [6, 6.07) is 7.38. The van der Waals surface area contributed by atoms with Crippen LogP contribution < -0.4 is 5.32 Å². The fourth-order valence-electron chi connectivity index (χ4n) is 3.97. The van der Waals surface area contributed by atoms with E-state index in [9.17, 15) is 14.4 Å². The number of hydrogen-bond acceptors (Lipinski definition) is 5. The summed E-state index contributed by atoms with van der Waals surface area (Å²) in [4.78, 5) is 39.2. The normalized spacial score (nSPS) is 32.2. The predicted octanol–water partition coefficient (Wildman–Crippen LogP) is 1.19. The van der Waals surface area contributed by atoms with Gasteiger partial charge in [0, 0.05) is 12.6 Å². The molecule has 0 saturated carbocycles. The Labute approximate surface area is 141 Å². The number of nitrogens with one attached hydrogen (secondary N) is 1. The van der Waals surface area contributed by atoms with E-state index in [1.165, 1.54) is 12.0 Å². The first-order valence-electron chi connectivity index (χ1n) is 8.13. The monoisotopic (exact) mass is 330 g/mol. The molecule has 1 aromatic rings. The first-order chi connectivity index (χ1) is 11.3. The van der Waals surface area contributed by atoms with Crippen LogP contribution in [-0.2, 0) is 19.1 Å². The van der Waals surface area contributed by atoms with E-state index in [4.69, 9.17) is 4.74 Å². The number of nitrogens with zero attached hydrogens (tertiary/aromatic N) is 1. The van der Waals surface area contributed by atoms with Crippen LogP contribution in [0.5, 0.6) is 0 Å². The van der Waals surface area contributed by atoms with Crippen molar-refractivity contribution in [3.63, 3.8) is 0 Å². The van der Waals surface area contributed by atoms with Gasteiger partial charge in [-0.05, 0) is 26.3 Å². The highest BCUT2D eigenvalue weighted by molar-refractivity contribution is 6.09. The van der Waals surface area contributed by atoms with Gasteiger partial charge in [0.05, 0.1) is 18.9 Å². The Morgan fingerprint density at radius 2 is 1.88 bits per heavy atom. The summed E-state index contributed by atoms with van der Waals surface area (Å²) >= 11 is 0. The summed E-state index contributed by atoms with van der Waals surface area (Å²) in [5.41, 5.74) is 0.779. The average Bonchev–Trinajstić information content (AvgIpc) is 3.02. The summed E-state index contributed by atoms with van der Waals surface area (Å²) in [5, 5.41) is 3.22. The molecule has 2 aliphatic rings. The van der Waals surface area contributed by atoms with Crippen molar-refractivity contribution in [1.29, 1.82) is 0 Å². The lowest BCUT2D eigenvalue weighted by atomic mass is 9.80. The molecular formula is C18H22N2O4. The largest absolute Gasteiger partial charge is 0.468 e. The fraction of sp³-hybridized carbons (Fsp3) is 0.500. The van der Waals surface area contributed by atoms with Crippen molar-refractivity contribution < 1.29 is 19.1 Å². The maximum atomic E-state index is 12.8. The number of esters is 1. The Balaban J connectivity index is 2.09. The van der Waals surface area contributed by atoms with Gasteiger partial charge < -0.3 is 4.74 Å². The molecule has 3 rings (SSSR count). The maximum absolute atomic E-state index is 12.8. The summed E-state index contributed by atoms with van der Waals surface area (Å²) < 4.78 is 4.92. The molecule has 0 spiro atoms. The molecule has 0 unspecified atom stereocenters. The van der Waals surface area contributed by atoms with Crippen LogP contribution >= 0.6 is 0 Å². The third kappa shape index (κ3) is 2.17. The zero-order valence-electron chi connectivity index (χ0n) is 14.3. The number of carbonyl (C=O) groups is 3. The van der Waals surface area contributed by atoms with Crippen LogP contribution in [0, 0.1) is 18.8 Å². The lowest BCUT2D eigenvalue weighted by molar-refractivity contribution is -0.153. The van der Waals surface area contributed by atoms with Gasteiger partial charge in [-0.15, -0.1) is 0 Å². The van der Waals surface area contributed by atoms with E-state index >= 15 is 0 Å². The van der Waals surface area contributed by atoms with Crippen LogP contribution in [0.2, 0.25) is 0 Å². The average molecular weight is 330 g/mol. The Morgan fingerprint density at radius 3 is 2.42 bits per heavy atom. The van der Waals surface area contributed by atoms with Crippen LogP contribution in [0.3, 0.4) is 0 Å². The van der Waals surface area contributed by atoms with Crippen molar-refractivity contribution in [2.45, 2.75) is 32.4 Å². The molecule has 24 heavy (non-hydrogen) atoms. The third-order valence-electron chi connectivity index (χ3n) is 5.24. The molecule has 0 aliphatic carbocycles. The van der Waals surface area contributed by atoms with Crippen LogP contribution in [0.15, 0.2) is 24.3 Å². The second-order valence-corrected chi connectivity index (χ2v) is 6.65. The molecule has 0 radical (unpaired) electrons. The van der Waals surface area contributed by atoms with E-state index < -0.39 is 29.4 Å². The Kier molecular flexibility index (Phi) is 3.95. The van der Waals surface area contributed by atoms with E-state index in [1.54, 1.807) is 13.8 Å². The number of benzene rings is 1. The molecular weight excluding hydrogens is 308 g/mol. The van der Waals surface area contributed by atoms with Gasteiger partial charge in [-0.25, -0.2) is 0 Å². The number of likely N-dealkylation sites (tertiary alicyclic amines) is 1. The number of hydrogen-bond donors (Lipinski definition) is 1. The van der Waals surface area contributed by atoms with Gasteiger partial charge in [-0.3, -0.25) is 24.6 Å². The summed E-state index contributed by atoms with van der Waals surface area (Å²) in [6.45, 7) is 5.70. The van der Waals surface area contributed by atoms with Crippen LogP contribution in [0.25, 0.3) is 0 Å². The molecule has 1 aromatic carbocycles. The molecule has 2 fully saturated rings. The van der Waals surface area contributed by atoms with Gasteiger partial charge in [-0.2, -0.15) is 0 Å². The van der Waals surface area contributed by atoms with E-state index in [-0.39, 0.29) is 11.8 Å². The molecule has 2 aliphatic heterocycles. The summed E-state index contributed by atoms with van der Waals surface area (Å²) in [5.74, 6) is -2.39.